The lowest BCUT2D eigenvalue weighted by molar-refractivity contribution is -0.128. The lowest BCUT2D eigenvalue weighted by Crippen LogP contribution is -2.28. The maximum atomic E-state index is 14.0. The van der Waals surface area contributed by atoms with Crippen molar-refractivity contribution in [1.82, 2.24) is 4.90 Å². The van der Waals surface area contributed by atoms with Crippen LogP contribution >= 0.6 is 11.8 Å². The minimum Gasteiger partial charge on any atom is -0.493 e. The lowest BCUT2D eigenvalue weighted by atomic mass is 10.1. The van der Waals surface area contributed by atoms with Crippen LogP contribution in [0.3, 0.4) is 0 Å². The molecule has 0 aromatic heterocycles. The fourth-order valence-corrected chi connectivity index (χ4v) is 4.04. The molecule has 1 fully saturated rings. The number of methoxy groups -OCH3 is 1. The minimum atomic E-state index is -0.528. The Hall–Kier alpha value is -2.28. The summed E-state index contributed by atoms with van der Waals surface area (Å²) in [6.45, 7) is 2.36. The van der Waals surface area contributed by atoms with Gasteiger partial charge in [0.15, 0.2) is 11.5 Å². The van der Waals surface area contributed by atoms with E-state index in [0.717, 1.165) is 23.8 Å². The number of rotatable bonds is 6. The Balaban J connectivity index is 1.90. The second kappa shape index (κ2) is 7.95. The number of carbonyl (C=O) groups excluding carboxylic acids is 1. The van der Waals surface area contributed by atoms with E-state index in [0.29, 0.717) is 18.1 Å². The Bertz CT molecular complexity index is 815. The monoisotopic (exact) mass is 379 g/mol. The van der Waals surface area contributed by atoms with Gasteiger partial charge in [-0.2, -0.15) is 0 Å². The molecule has 0 saturated carbocycles. The first-order valence-corrected chi connectivity index (χ1v) is 9.24. The largest absolute Gasteiger partial charge is 0.493 e. The van der Waals surface area contributed by atoms with Crippen molar-refractivity contribution in [2.24, 2.45) is 0 Å². The fraction of sp³-hybridized carbons (Fsp3) is 0.316. The molecule has 1 heterocycles. The molecule has 2 aromatic rings. The summed E-state index contributed by atoms with van der Waals surface area (Å²) in [7, 11) is 1.56. The van der Waals surface area contributed by atoms with Gasteiger partial charge in [0.25, 0.3) is 0 Å². The van der Waals surface area contributed by atoms with E-state index < -0.39 is 11.6 Å². The normalized spacial score (nSPS) is 16.8. The number of hydrogen-bond donors (Lipinski definition) is 0. The van der Waals surface area contributed by atoms with E-state index >= 15 is 0 Å². The fourth-order valence-electron chi connectivity index (χ4n) is 2.86. The van der Waals surface area contributed by atoms with Gasteiger partial charge in [-0.25, -0.2) is 8.78 Å². The van der Waals surface area contributed by atoms with E-state index in [2.05, 4.69) is 0 Å². The molecule has 0 aliphatic carbocycles. The van der Waals surface area contributed by atoms with E-state index in [1.807, 2.05) is 19.1 Å². The van der Waals surface area contributed by atoms with E-state index in [-0.39, 0.29) is 29.1 Å². The van der Waals surface area contributed by atoms with E-state index in [1.54, 1.807) is 18.1 Å². The summed E-state index contributed by atoms with van der Waals surface area (Å²) in [6.07, 6.45) is 0. The van der Waals surface area contributed by atoms with Crippen LogP contribution in [-0.2, 0) is 11.3 Å². The number of benzene rings is 2. The summed E-state index contributed by atoms with van der Waals surface area (Å²) in [5.74, 6) is 0.312. The quantitative estimate of drug-likeness (QED) is 0.756. The lowest BCUT2D eigenvalue weighted by Gasteiger charge is -2.25. The van der Waals surface area contributed by atoms with Crippen LogP contribution in [0.25, 0.3) is 0 Å². The molecule has 1 saturated heterocycles. The van der Waals surface area contributed by atoms with Crippen LogP contribution in [-0.4, -0.2) is 30.3 Å². The van der Waals surface area contributed by atoms with Gasteiger partial charge in [-0.05, 0) is 42.8 Å². The van der Waals surface area contributed by atoms with Crippen molar-refractivity contribution in [1.29, 1.82) is 0 Å². The molecule has 1 unspecified atom stereocenters. The second-order valence-corrected chi connectivity index (χ2v) is 6.83. The van der Waals surface area contributed by atoms with Crippen LogP contribution in [0.15, 0.2) is 36.4 Å². The Morgan fingerprint density at radius 2 is 2.00 bits per heavy atom. The van der Waals surface area contributed by atoms with Gasteiger partial charge in [0.05, 0.1) is 26.0 Å². The maximum absolute atomic E-state index is 14.0. The average molecular weight is 379 g/mol. The zero-order valence-corrected chi connectivity index (χ0v) is 15.3. The summed E-state index contributed by atoms with van der Waals surface area (Å²) < 4.78 is 38.3. The molecule has 3 rings (SSSR count). The van der Waals surface area contributed by atoms with Gasteiger partial charge < -0.3 is 14.4 Å². The van der Waals surface area contributed by atoms with Crippen LogP contribution in [0.1, 0.15) is 23.4 Å². The van der Waals surface area contributed by atoms with Crippen LogP contribution in [0, 0.1) is 11.6 Å². The number of nitrogens with zero attached hydrogens (tertiary/aromatic N) is 1. The van der Waals surface area contributed by atoms with E-state index in [4.69, 9.17) is 9.47 Å². The zero-order chi connectivity index (χ0) is 18.7. The molecule has 2 aromatic carbocycles. The highest BCUT2D eigenvalue weighted by atomic mass is 32.2. The summed E-state index contributed by atoms with van der Waals surface area (Å²) in [4.78, 5) is 13.9. The van der Waals surface area contributed by atoms with Gasteiger partial charge in [-0.1, -0.05) is 6.07 Å². The minimum absolute atomic E-state index is 0.0100. The molecule has 138 valence electrons. The molecule has 1 aliphatic rings. The predicted molar refractivity (Wildman–Crippen MR) is 96.3 cm³/mol. The molecule has 0 radical (unpaired) electrons. The zero-order valence-electron chi connectivity index (χ0n) is 14.5. The van der Waals surface area contributed by atoms with Crippen LogP contribution in [0.4, 0.5) is 8.78 Å². The predicted octanol–water partition coefficient (Wildman–Crippen LogP) is 4.15. The van der Waals surface area contributed by atoms with Gasteiger partial charge in [0.2, 0.25) is 5.91 Å². The van der Waals surface area contributed by atoms with Crippen molar-refractivity contribution < 1.29 is 23.0 Å². The first-order chi connectivity index (χ1) is 12.5. The topological polar surface area (TPSA) is 38.8 Å². The van der Waals surface area contributed by atoms with Gasteiger partial charge in [-0.3, -0.25) is 4.79 Å². The molecule has 1 aliphatic heterocycles. The highest BCUT2D eigenvalue weighted by molar-refractivity contribution is 8.00. The first kappa shape index (κ1) is 18.5. The summed E-state index contributed by atoms with van der Waals surface area (Å²) in [5.41, 5.74) is 1.01. The van der Waals surface area contributed by atoms with Crippen molar-refractivity contribution >= 4 is 17.7 Å². The third-order valence-electron chi connectivity index (χ3n) is 4.09. The summed E-state index contributed by atoms with van der Waals surface area (Å²) in [5, 5.41) is -0.296. The highest BCUT2D eigenvalue weighted by Gasteiger charge is 2.33. The Kier molecular flexibility index (Phi) is 5.66. The van der Waals surface area contributed by atoms with Crippen molar-refractivity contribution in [2.45, 2.75) is 18.8 Å². The van der Waals surface area contributed by atoms with Gasteiger partial charge in [-0.15, -0.1) is 11.8 Å². The molecule has 7 heteroatoms. The highest BCUT2D eigenvalue weighted by Crippen LogP contribution is 2.42. The van der Waals surface area contributed by atoms with Gasteiger partial charge in [0.1, 0.15) is 17.0 Å². The summed E-state index contributed by atoms with van der Waals surface area (Å²) >= 11 is 1.45. The molecule has 0 bridgehead atoms. The number of ether oxygens (including phenoxy) is 2. The van der Waals surface area contributed by atoms with Crippen LogP contribution < -0.4 is 9.47 Å². The number of halogens is 2. The third-order valence-corrected chi connectivity index (χ3v) is 5.35. The van der Waals surface area contributed by atoms with Crippen molar-refractivity contribution in [3.63, 3.8) is 0 Å². The molecule has 1 amide bonds. The molecule has 1 atom stereocenters. The molecule has 26 heavy (non-hydrogen) atoms. The third kappa shape index (κ3) is 3.77. The van der Waals surface area contributed by atoms with Gasteiger partial charge >= 0.3 is 0 Å². The van der Waals surface area contributed by atoms with Crippen LogP contribution in [0.2, 0.25) is 0 Å². The number of carbonyl (C=O) groups is 1. The smallest absolute Gasteiger partial charge is 0.234 e. The number of amides is 1. The van der Waals surface area contributed by atoms with Crippen molar-refractivity contribution in [3.05, 3.63) is 59.2 Å². The van der Waals surface area contributed by atoms with E-state index in [9.17, 15) is 13.6 Å². The number of thioether (sulfide) groups is 1. The van der Waals surface area contributed by atoms with E-state index in [1.165, 1.54) is 11.8 Å². The maximum Gasteiger partial charge on any atom is 0.234 e. The molecule has 0 N–H and O–H groups in total. The van der Waals surface area contributed by atoms with Crippen LogP contribution in [0.5, 0.6) is 11.5 Å². The molecule has 0 spiro atoms. The Morgan fingerprint density at radius 3 is 2.73 bits per heavy atom. The first-order valence-electron chi connectivity index (χ1n) is 8.19. The summed E-state index contributed by atoms with van der Waals surface area (Å²) in [6, 6.07) is 8.73. The molecule has 4 nitrogen and oxygen atoms in total. The standard InChI is InChI=1S/C19H19F2NO3S/c1-3-25-17-9-12(4-7-16(17)24-2)19-22(18(23)11-26-19)10-13-8-14(20)5-6-15(13)21/h4-9,19H,3,10-11H2,1-2H3. The average Bonchev–Trinajstić information content (AvgIpc) is 2.99. The SMILES string of the molecule is CCOc1cc(C2SCC(=O)N2Cc2cc(F)ccc2F)ccc1OC. The van der Waals surface area contributed by atoms with Gasteiger partial charge in [0, 0.05) is 5.56 Å². The Morgan fingerprint density at radius 1 is 1.19 bits per heavy atom. The second-order valence-electron chi connectivity index (χ2n) is 5.76. The molecular formula is C19H19F2NO3S. The van der Waals surface area contributed by atoms with Crippen molar-refractivity contribution in [3.8, 4) is 11.5 Å². The Labute approximate surface area is 155 Å². The number of hydrogen-bond acceptors (Lipinski definition) is 4. The molecular weight excluding hydrogens is 360 g/mol. The van der Waals surface area contributed by atoms with Crippen molar-refractivity contribution in [2.75, 3.05) is 19.5 Å².